The van der Waals surface area contributed by atoms with Crippen molar-refractivity contribution in [2.45, 2.75) is 11.8 Å². The lowest BCUT2D eigenvalue weighted by atomic mass is 10.2. The zero-order chi connectivity index (χ0) is 16.5. The number of azo groups is 1. The van der Waals surface area contributed by atoms with Gasteiger partial charge in [0.05, 0.1) is 10.6 Å². The van der Waals surface area contributed by atoms with Crippen molar-refractivity contribution in [2.24, 2.45) is 17.3 Å². The van der Waals surface area contributed by atoms with Crippen molar-refractivity contribution in [3.05, 3.63) is 46.2 Å². The molecular weight excluding hydrogens is 310 g/mol. The van der Waals surface area contributed by atoms with Gasteiger partial charge in [-0.15, -0.1) is 5.11 Å². The van der Waals surface area contributed by atoms with Crippen molar-refractivity contribution in [3.8, 4) is 5.88 Å². The Bertz CT molecular complexity index is 899. The van der Waals surface area contributed by atoms with Gasteiger partial charge >= 0.3 is 0 Å². The van der Waals surface area contributed by atoms with Gasteiger partial charge in [0.15, 0.2) is 0 Å². The minimum atomic E-state index is -4.26. The summed E-state index contributed by atoms with van der Waals surface area (Å²) in [6.45, 7) is 1.61. The van der Waals surface area contributed by atoms with Gasteiger partial charge in [0.25, 0.3) is 15.7 Å². The number of hydrogen-bond donors (Lipinski definition) is 2. The van der Waals surface area contributed by atoms with Crippen molar-refractivity contribution in [2.75, 3.05) is 0 Å². The topological polar surface area (TPSA) is 121 Å². The number of benzene rings is 1. The summed E-state index contributed by atoms with van der Waals surface area (Å²) in [5, 5.41) is 17.6. The predicted octanol–water partition coefficient (Wildman–Crippen LogP) is 2.06. The van der Waals surface area contributed by atoms with Gasteiger partial charge in [-0.05, 0) is 36.8 Å². The number of aromatic hydroxyl groups is 1. The van der Waals surface area contributed by atoms with Gasteiger partial charge in [-0.25, -0.2) is 0 Å². The molecule has 0 saturated heterocycles. The van der Waals surface area contributed by atoms with Crippen LogP contribution in [0, 0.1) is 6.92 Å². The lowest BCUT2D eigenvalue weighted by Gasteiger charge is -2.06. The fourth-order valence-corrected chi connectivity index (χ4v) is 2.19. The summed E-state index contributed by atoms with van der Waals surface area (Å²) >= 11 is 0. The Kier molecular flexibility index (Phi) is 4.11. The van der Waals surface area contributed by atoms with Crippen molar-refractivity contribution in [1.29, 1.82) is 0 Å². The molecule has 0 saturated carbocycles. The molecule has 0 aliphatic carbocycles. The van der Waals surface area contributed by atoms with E-state index in [1.807, 2.05) is 0 Å². The van der Waals surface area contributed by atoms with Crippen LogP contribution in [0.2, 0.25) is 0 Å². The second-order valence-corrected chi connectivity index (χ2v) is 5.99. The zero-order valence-electron chi connectivity index (χ0n) is 11.8. The lowest BCUT2D eigenvalue weighted by molar-refractivity contribution is 0.424. The van der Waals surface area contributed by atoms with Crippen molar-refractivity contribution in [3.63, 3.8) is 0 Å². The monoisotopic (exact) mass is 323 g/mol. The number of aromatic nitrogens is 1. The SMILES string of the molecule is Cc1cc(=O)n(C)c(O)c1N=Nc1ccc(S(=O)(=O)O)cc1. The number of aryl methyl sites for hydroxylation is 1. The molecule has 2 N–H and O–H groups in total. The Morgan fingerprint density at radius 1 is 1.14 bits per heavy atom. The Hall–Kier alpha value is -2.52. The third kappa shape index (κ3) is 3.21. The number of nitrogens with zero attached hydrogens (tertiary/aromatic N) is 3. The number of hydrogen-bond acceptors (Lipinski definition) is 6. The first kappa shape index (κ1) is 15.9. The van der Waals surface area contributed by atoms with Crippen LogP contribution < -0.4 is 5.56 Å². The summed E-state index contributed by atoms with van der Waals surface area (Å²) in [7, 11) is -2.86. The van der Waals surface area contributed by atoms with Gasteiger partial charge < -0.3 is 5.11 Å². The molecule has 0 aliphatic rings. The summed E-state index contributed by atoms with van der Waals surface area (Å²) in [5.41, 5.74) is 0.548. The van der Waals surface area contributed by atoms with Crippen molar-refractivity contribution < 1.29 is 18.1 Å². The van der Waals surface area contributed by atoms with E-state index < -0.39 is 10.1 Å². The van der Waals surface area contributed by atoms with Crippen LogP contribution in [-0.2, 0) is 17.2 Å². The highest BCUT2D eigenvalue weighted by Gasteiger charge is 2.10. The van der Waals surface area contributed by atoms with Crippen LogP contribution >= 0.6 is 0 Å². The van der Waals surface area contributed by atoms with Crippen LogP contribution in [0.1, 0.15) is 5.56 Å². The lowest BCUT2D eigenvalue weighted by Crippen LogP contribution is -2.15. The summed E-state index contributed by atoms with van der Waals surface area (Å²) < 4.78 is 31.7. The second kappa shape index (κ2) is 5.70. The molecule has 1 aromatic carbocycles. The number of rotatable bonds is 3. The molecule has 0 radical (unpaired) electrons. The van der Waals surface area contributed by atoms with E-state index in [2.05, 4.69) is 10.2 Å². The van der Waals surface area contributed by atoms with Gasteiger partial charge in [0.1, 0.15) is 5.69 Å². The molecular formula is C13H13N3O5S. The molecule has 22 heavy (non-hydrogen) atoms. The number of pyridine rings is 1. The van der Waals surface area contributed by atoms with Gasteiger partial charge in [0.2, 0.25) is 5.88 Å². The third-order valence-corrected chi connectivity index (χ3v) is 3.84. The highest BCUT2D eigenvalue weighted by molar-refractivity contribution is 7.85. The predicted molar refractivity (Wildman–Crippen MR) is 78.5 cm³/mol. The Labute approximate surface area is 126 Å². The minimum Gasteiger partial charge on any atom is -0.493 e. The van der Waals surface area contributed by atoms with Crippen molar-refractivity contribution >= 4 is 21.5 Å². The first-order valence-corrected chi connectivity index (χ1v) is 7.53. The van der Waals surface area contributed by atoms with Crippen LogP contribution in [0.5, 0.6) is 5.88 Å². The van der Waals surface area contributed by atoms with Gasteiger partial charge in [-0.1, -0.05) is 0 Å². The zero-order valence-corrected chi connectivity index (χ0v) is 12.6. The maximum atomic E-state index is 11.5. The maximum Gasteiger partial charge on any atom is 0.294 e. The third-order valence-electron chi connectivity index (χ3n) is 2.97. The first-order valence-electron chi connectivity index (χ1n) is 6.09. The summed E-state index contributed by atoms with van der Waals surface area (Å²) in [6.07, 6.45) is 0. The van der Waals surface area contributed by atoms with E-state index in [0.717, 1.165) is 4.57 Å². The van der Waals surface area contributed by atoms with E-state index in [-0.39, 0.29) is 22.0 Å². The average Bonchev–Trinajstić information content (AvgIpc) is 2.44. The van der Waals surface area contributed by atoms with Crippen LogP contribution in [-0.4, -0.2) is 22.6 Å². The normalized spacial score (nSPS) is 12.0. The molecule has 1 aromatic heterocycles. The Morgan fingerprint density at radius 2 is 1.73 bits per heavy atom. The first-order chi connectivity index (χ1) is 10.2. The maximum absolute atomic E-state index is 11.5. The van der Waals surface area contributed by atoms with E-state index in [4.69, 9.17) is 4.55 Å². The highest BCUT2D eigenvalue weighted by Crippen LogP contribution is 2.29. The molecule has 0 unspecified atom stereocenters. The fraction of sp³-hybridized carbons (Fsp3) is 0.154. The molecule has 2 rings (SSSR count). The van der Waals surface area contributed by atoms with Crippen LogP contribution in [0.25, 0.3) is 0 Å². The van der Waals surface area contributed by atoms with Crippen LogP contribution in [0.3, 0.4) is 0 Å². The molecule has 0 spiro atoms. The van der Waals surface area contributed by atoms with Gasteiger partial charge in [-0.3, -0.25) is 13.9 Å². The molecule has 2 aromatic rings. The van der Waals surface area contributed by atoms with E-state index in [1.165, 1.54) is 37.4 Å². The largest absolute Gasteiger partial charge is 0.493 e. The standard InChI is InChI=1S/C13H13N3O5S/c1-8-7-11(17)16(2)13(18)12(8)15-14-9-3-5-10(6-4-9)22(19,20)21/h3-7,18H,1-2H3,(H,19,20,21). The molecule has 0 fully saturated rings. The summed E-state index contributed by atoms with van der Waals surface area (Å²) in [6, 6.07) is 6.37. The molecule has 9 heteroatoms. The molecule has 116 valence electrons. The Balaban J connectivity index is 2.38. The molecule has 0 aliphatic heterocycles. The van der Waals surface area contributed by atoms with E-state index in [9.17, 15) is 18.3 Å². The molecule has 0 amide bonds. The van der Waals surface area contributed by atoms with Gasteiger partial charge in [0, 0.05) is 13.1 Å². The van der Waals surface area contributed by atoms with E-state index >= 15 is 0 Å². The Morgan fingerprint density at radius 3 is 2.27 bits per heavy atom. The van der Waals surface area contributed by atoms with E-state index in [1.54, 1.807) is 6.92 Å². The molecule has 0 atom stereocenters. The van der Waals surface area contributed by atoms with Crippen LogP contribution in [0.15, 0.2) is 50.3 Å². The molecule has 0 bridgehead atoms. The highest BCUT2D eigenvalue weighted by atomic mass is 32.2. The average molecular weight is 323 g/mol. The van der Waals surface area contributed by atoms with Crippen LogP contribution in [0.4, 0.5) is 11.4 Å². The quantitative estimate of drug-likeness (QED) is 0.661. The fourth-order valence-electron chi connectivity index (χ4n) is 1.71. The minimum absolute atomic E-state index is 0.140. The van der Waals surface area contributed by atoms with Crippen molar-refractivity contribution in [1.82, 2.24) is 4.57 Å². The van der Waals surface area contributed by atoms with E-state index in [0.29, 0.717) is 11.3 Å². The molecule has 8 nitrogen and oxygen atoms in total. The second-order valence-electron chi connectivity index (χ2n) is 4.57. The smallest absolute Gasteiger partial charge is 0.294 e. The molecule has 1 heterocycles. The summed E-state index contributed by atoms with van der Waals surface area (Å²) in [5.74, 6) is -0.316. The summed E-state index contributed by atoms with van der Waals surface area (Å²) in [4.78, 5) is 11.2. The van der Waals surface area contributed by atoms with Gasteiger partial charge in [-0.2, -0.15) is 13.5 Å².